The number of carboxylic acid groups (broad SMARTS) is 1. The van der Waals surface area contributed by atoms with Crippen LogP contribution in [-0.2, 0) is 16.1 Å². The number of carboxylic acids is 1. The number of hydrogen-bond donors (Lipinski definition) is 1. The molecule has 0 radical (unpaired) electrons. The summed E-state index contributed by atoms with van der Waals surface area (Å²) in [5, 5.41) is 7.12. The quantitative estimate of drug-likeness (QED) is 0.791. The van der Waals surface area contributed by atoms with Crippen LogP contribution in [0.15, 0.2) is 24.8 Å². The van der Waals surface area contributed by atoms with E-state index in [1.54, 1.807) is 0 Å². The molecule has 1 aromatic heterocycles. The smallest absolute Gasteiger partial charge is 0.475 e. The molecule has 0 saturated heterocycles. The molecule has 9 heteroatoms. The van der Waals surface area contributed by atoms with E-state index in [-0.39, 0.29) is 5.92 Å². The first kappa shape index (κ1) is 21.7. The fourth-order valence-electron chi connectivity index (χ4n) is 3.04. The van der Waals surface area contributed by atoms with Crippen LogP contribution in [0.4, 0.5) is 19.0 Å². The largest absolute Gasteiger partial charge is 0.490 e. The number of aromatic nitrogens is 1. The molecule has 1 N–H and O–H groups in total. The number of carbonyl (C=O) groups is 2. The predicted octanol–water partition coefficient (Wildman–Crippen LogP) is 3.16. The van der Waals surface area contributed by atoms with E-state index in [9.17, 15) is 18.0 Å². The van der Waals surface area contributed by atoms with Gasteiger partial charge in [-0.05, 0) is 25.8 Å². The topological polar surface area (TPSA) is 73.7 Å². The third-order valence-electron chi connectivity index (χ3n) is 4.75. The first-order valence-corrected chi connectivity index (χ1v) is 9.04. The van der Waals surface area contributed by atoms with Crippen LogP contribution in [0.3, 0.4) is 0 Å². The molecule has 1 fully saturated rings. The summed E-state index contributed by atoms with van der Waals surface area (Å²) >= 11 is 0. The number of aryl methyl sites for hydroxylation is 1. The summed E-state index contributed by atoms with van der Waals surface area (Å²) in [4.78, 5) is 30.4. The number of anilines is 1. The molecule has 1 saturated carbocycles. The highest BCUT2D eigenvalue weighted by molar-refractivity contribution is 5.80. The maximum Gasteiger partial charge on any atom is 0.490 e. The third-order valence-corrected chi connectivity index (χ3v) is 4.75. The Labute approximate surface area is 161 Å². The molecule has 28 heavy (non-hydrogen) atoms. The molecule has 6 nitrogen and oxygen atoms in total. The second-order valence-corrected chi connectivity index (χ2v) is 6.86. The molecule has 0 atom stereocenters. The van der Waals surface area contributed by atoms with E-state index < -0.39 is 12.1 Å². The van der Waals surface area contributed by atoms with E-state index >= 15 is 0 Å². The molecular weight excluding hydrogens is 375 g/mol. The van der Waals surface area contributed by atoms with Crippen LogP contribution in [0.2, 0.25) is 0 Å². The highest BCUT2D eigenvalue weighted by atomic mass is 19.4. The van der Waals surface area contributed by atoms with Gasteiger partial charge in [0.05, 0.1) is 0 Å². The Morgan fingerprint density at radius 2 is 1.96 bits per heavy atom. The molecule has 154 valence electrons. The van der Waals surface area contributed by atoms with Crippen molar-refractivity contribution in [1.82, 2.24) is 9.88 Å². The molecule has 2 heterocycles. The average molecular weight is 399 g/mol. The van der Waals surface area contributed by atoms with Gasteiger partial charge in [-0.1, -0.05) is 18.6 Å². The van der Waals surface area contributed by atoms with Gasteiger partial charge in [-0.3, -0.25) is 4.79 Å². The van der Waals surface area contributed by atoms with Gasteiger partial charge in [-0.25, -0.2) is 9.78 Å². The lowest BCUT2D eigenvalue weighted by molar-refractivity contribution is -0.192. The fourth-order valence-corrected chi connectivity index (χ4v) is 3.04. The first-order valence-electron chi connectivity index (χ1n) is 9.04. The summed E-state index contributed by atoms with van der Waals surface area (Å²) in [6, 6.07) is 4.14. The molecule has 2 aliphatic rings. The molecule has 1 amide bonds. The number of amides is 1. The van der Waals surface area contributed by atoms with Crippen molar-refractivity contribution in [2.75, 3.05) is 24.5 Å². The Hall–Kier alpha value is -2.58. The molecule has 0 bridgehead atoms. The summed E-state index contributed by atoms with van der Waals surface area (Å²) in [5.41, 5.74) is 2.16. The van der Waals surface area contributed by atoms with Crippen molar-refractivity contribution in [2.45, 2.75) is 38.9 Å². The van der Waals surface area contributed by atoms with Crippen LogP contribution >= 0.6 is 0 Å². The number of alkyl halides is 3. The molecule has 3 rings (SSSR count). The van der Waals surface area contributed by atoms with Gasteiger partial charge in [0.2, 0.25) is 5.91 Å². The number of rotatable bonds is 3. The minimum Gasteiger partial charge on any atom is -0.475 e. The fraction of sp³-hybridized carbons (Fsp3) is 0.526. The van der Waals surface area contributed by atoms with Crippen LogP contribution in [0, 0.1) is 12.8 Å². The lowest BCUT2D eigenvalue weighted by atomic mass is 9.84. The Balaban J connectivity index is 0.000000345. The molecule has 0 unspecified atom stereocenters. The van der Waals surface area contributed by atoms with Crippen LogP contribution in [0.1, 0.15) is 30.5 Å². The lowest BCUT2D eigenvalue weighted by Crippen LogP contribution is -2.40. The summed E-state index contributed by atoms with van der Waals surface area (Å²) in [6.07, 6.45) is 0.136. The second kappa shape index (κ2) is 9.07. The predicted molar refractivity (Wildman–Crippen MR) is 97.8 cm³/mol. The van der Waals surface area contributed by atoms with E-state index in [1.165, 1.54) is 6.42 Å². The second-order valence-electron chi connectivity index (χ2n) is 6.86. The Kier molecular flexibility index (Phi) is 7.04. The monoisotopic (exact) mass is 399 g/mol. The van der Waals surface area contributed by atoms with E-state index in [1.807, 2.05) is 24.0 Å². The Morgan fingerprint density at radius 3 is 2.46 bits per heavy atom. The van der Waals surface area contributed by atoms with Gasteiger partial charge in [0.15, 0.2) is 0 Å². The zero-order chi connectivity index (χ0) is 20.9. The number of nitrogens with zero attached hydrogens (tertiary/aromatic N) is 3. The van der Waals surface area contributed by atoms with Crippen molar-refractivity contribution >= 4 is 17.7 Å². The van der Waals surface area contributed by atoms with E-state index in [2.05, 4.69) is 22.5 Å². The molecular formula is C19H24F3N3O3. The Bertz CT molecular complexity index is 733. The molecule has 1 aromatic rings. The van der Waals surface area contributed by atoms with Crippen molar-refractivity contribution in [3.8, 4) is 0 Å². The van der Waals surface area contributed by atoms with Crippen LogP contribution in [0.5, 0.6) is 0 Å². The van der Waals surface area contributed by atoms with Crippen LogP contribution < -0.4 is 4.90 Å². The lowest BCUT2D eigenvalue weighted by Gasteiger charge is -2.31. The summed E-state index contributed by atoms with van der Waals surface area (Å²) in [7, 11) is 0. The number of halogens is 3. The maximum absolute atomic E-state index is 12.5. The maximum atomic E-state index is 12.5. The number of fused-ring (bicyclic) bond motifs is 1. The third kappa shape index (κ3) is 5.46. The molecule has 0 aromatic carbocycles. The van der Waals surface area contributed by atoms with Crippen molar-refractivity contribution in [1.29, 1.82) is 0 Å². The normalized spacial score (nSPS) is 16.9. The number of pyridine rings is 1. The Morgan fingerprint density at radius 1 is 1.32 bits per heavy atom. The van der Waals surface area contributed by atoms with Gasteiger partial charge in [0, 0.05) is 43.4 Å². The van der Waals surface area contributed by atoms with E-state index in [0.717, 1.165) is 49.6 Å². The summed E-state index contributed by atoms with van der Waals surface area (Å²) < 4.78 is 31.7. The zero-order valence-corrected chi connectivity index (χ0v) is 15.7. The van der Waals surface area contributed by atoms with Crippen LogP contribution in [0.25, 0.3) is 0 Å². The number of aliphatic carboxylic acids is 1. The zero-order valence-electron chi connectivity index (χ0n) is 15.7. The van der Waals surface area contributed by atoms with Gasteiger partial charge in [0.1, 0.15) is 5.82 Å². The first-order chi connectivity index (χ1) is 13.1. The highest BCUT2D eigenvalue weighted by Crippen LogP contribution is 2.30. The van der Waals surface area contributed by atoms with Gasteiger partial charge >= 0.3 is 12.1 Å². The molecule has 1 aliphatic carbocycles. The van der Waals surface area contributed by atoms with E-state index in [4.69, 9.17) is 9.90 Å². The summed E-state index contributed by atoms with van der Waals surface area (Å²) in [5.74, 6) is -1.16. The number of carbonyl (C=O) groups excluding carboxylic acids is 1. The summed E-state index contributed by atoms with van der Waals surface area (Å²) in [6.45, 7) is 8.91. The molecule has 1 aliphatic heterocycles. The van der Waals surface area contributed by atoms with Crippen molar-refractivity contribution < 1.29 is 27.9 Å². The SMILES string of the molecule is C=CCN1CCN(C(=O)C2CCC2)Cc2ccc(C)nc21.O=C(O)C(F)(F)F. The van der Waals surface area contributed by atoms with Gasteiger partial charge in [-0.2, -0.15) is 13.2 Å². The standard InChI is InChI=1S/C17H23N3O.C2HF3O2/c1-3-9-19-10-11-20(17(21)14-5-4-6-14)12-15-8-7-13(2)18-16(15)19;3-2(4,5)1(6)7/h3,7-8,14H,1,4-6,9-12H2,2H3;(H,6,7). The van der Waals surface area contributed by atoms with Gasteiger partial charge in [-0.15, -0.1) is 6.58 Å². The van der Waals surface area contributed by atoms with Crippen molar-refractivity contribution in [3.63, 3.8) is 0 Å². The minimum atomic E-state index is -5.08. The van der Waals surface area contributed by atoms with Gasteiger partial charge in [0.25, 0.3) is 0 Å². The molecule has 0 spiro atoms. The highest BCUT2D eigenvalue weighted by Gasteiger charge is 2.38. The average Bonchev–Trinajstić information content (AvgIpc) is 2.73. The van der Waals surface area contributed by atoms with Gasteiger partial charge < -0.3 is 14.9 Å². The van der Waals surface area contributed by atoms with E-state index in [0.29, 0.717) is 12.5 Å². The number of hydrogen-bond acceptors (Lipinski definition) is 4. The minimum absolute atomic E-state index is 0.262. The van der Waals surface area contributed by atoms with Crippen LogP contribution in [-0.4, -0.2) is 52.7 Å². The van der Waals surface area contributed by atoms with Crippen molar-refractivity contribution in [2.24, 2.45) is 5.92 Å². The van der Waals surface area contributed by atoms with Crippen molar-refractivity contribution in [3.05, 3.63) is 36.0 Å².